The fourth-order valence-electron chi connectivity index (χ4n) is 2.05. The van der Waals surface area contributed by atoms with Crippen LogP contribution in [-0.4, -0.2) is 29.4 Å². The quantitative estimate of drug-likeness (QED) is 0.326. The summed E-state index contributed by atoms with van der Waals surface area (Å²) in [6.07, 6.45) is 6.04. The second-order valence-electron chi connectivity index (χ2n) is 5.00. The molecule has 0 aromatic rings. The standard InChI is InChI=1S/C13H28O4S.Na/c1-3-5-7-9-12(14)11-13(18(15,16)17)10-8-6-4-2;/h12-14H,3-11H2,1-2H3,(H,15,16,17);/q;+1/p-1. The van der Waals surface area contributed by atoms with Crippen LogP contribution in [-0.2, 0) is 10.1 Å². The van der Waals surface area contributed by atoms with Crippen molar-refractivity contribution >= 4 is 10.1 Å². The minimum Gasteiger partial charge on any atom is -0.748 e. The molecule has 0 radical (unpaired) electrons. The Morgan fingerprint density at radius 1 is 1.00 bits per heavy atom. The van der Waals surface area contributed by atoms with Crippen LogP contribution in [0.25, 0.3) is 0 Å². The maximum absolute atomic E-state index is 11.1. The van der Waals surface area contributed by atoms with Crippen LogP contribution in [0.15, 0.2) is 0 Å². The SMILES string of the molecule is CCCCCC(O)CC(CCCCC)S(=O)(=O)[O-].[Na+]. The molecule has 0 bridgehead atoms. The van der Waals surface area contributed by atoms with E-state index in [2.05, 4.69) is 6.92 Å². The predicted molar refractivity (Wildman–Crippen MR) is 72.4 cm³/mol. The van der Waals surface area contributed by atoms with Gasteiger partial charge in [0.2, 0.25) is 0 Å². The Morgan fingerprint density at radius 2 is 1.47 bits per heavy atom. The molecule has 0 heterocycles. The number of aliphatic hydroxyl groups is 1. The van der Waals surface area contributed by atoms with Gasteiger partial charge in [-0.25, -0.2) is 8.42 Å². The zero-order valence-electron chi connectivity index (χ0n) is 12.6. The molecule has 2 atom stereocenters. The van der Waals surface area contributed by atoms with Gasteiger partial charge in [-0.1, -0.05) is 52.4 Å². The van der Waals surface area contributed by atoms with Gasteiger partial charge >= 0.3 is 29.6 Å². The smallest absolute Gasteiger partial charge is 0.748 e. The fourth-order valence-corrected chi connectivity index (χ4v) is 2.97. The molecule has 6 heteroatoms. The van der Waals surface area contributed by atoms with E-state index >= 15 is 0 Å². The number of hydrogen-bond acceptors (Lipinski definition) is 4. The Bertz CT molecular complexity index is 293. The summed E-state index contributed by atoms with van der Waals surface area (Å²) in [5.74, 6) is 0. The molecule has 4 nitrogen and oxygen atoms in total. The summed E-state index contributed by atoms with van der Waals surface area (Å²) in [5, 5.41) is 8.85. The first-order chi connectivity index (χ1) is 8.41. The Labute approximate surface area is 140 Å². The van der Waals surface area contributed by atoms with Gasteiger partial charge in [0, 0.05) is 0 Å². The molecule has 0 aliphatic carbocycles. The van der Waals surface area contributed by atoms with Gasteiger partial charge in [0.15, 0.2) is 0 Å². The summed E-state index contributed by atoms with van der Waals surface area (Å²) in [6.45, 7) is 4.10. The van der Waals surface area contributed by atoms with Crippen molar-refractivity contribution in [3.63, 3.8) is 0 Å². The Hall–Kier alpha value is 0.870. The van der Waals surface area contributed by atoms with Gasteiger partial charge in [0.25, 0.3) is 0 Å². The average Bonchev–Trinajstić information content (AvgIpc) is 2.27. The first kappa shape index (κ1) is 22.2. The monoisotopic (exact) mass is 302 g/mol. The average molecular weight is 302 g/mol. The second-order valence-corrected chi connectivity index (χ2v) is 6.65. The summed E-state index contributed by atoms with van der Waals surface area (Å²) in [7, 11) is -4.28. The molecular formula is C13H27NaO4S. The summed E-state index contributed by atoms with van der Waals surface area (Å²) in [6, 6.07) is 0. The minimum absolute atomic E-state index is 0. The predicted octanol–water partition coefficient (Wildman–Crippen LogP) is -0.184. The maximum Gasteiger partial charge on any atom is 1.00 e. The summed E-state index contributed by atoms with van der Waals surface area (Å²) in [5.41, 5.74) is 0. The van der Waals surface area contributed by atoms with E-state index in [1.807, 2.05) is 6.92 Å². The van der Waals surface area contributed by atoms with Gasteiger partial charge in [-0.05, 0) is 19.3 Å². The van der Waals surface area contributed by atoms with Gasteiger partial charge in [-0.3, -0.25) is 0 Å². The summed E-state index contributed by atoms with van der Waals surface area (Å²) in [4.78, 5) is 0. The van der Waals surface area contributed by atoms with Crippen LogP contribution < -0.4 is 29.6 Å². The van der Waals surface area contributed by atoms with E-state index in [9.17, 15) is 18.1 Å². The molecule has 0 rings (SSSR count). The van der Waals surface area contributed by atoms with Crippen LogP contribution >= 0.6 is 0 Å². The Morgan fingerprint density at radius 3 is 1.89 bits per heavy atom. The first-order valence-corrected chi connectivity index (χ1v) is 8.51. The minimum atomic E-state index is -4.28. The van der Waals surface area contributed by atoms with Gasteiger partial charge in [0.05, 0.1) is 21.5 Å². The van der Waals surface area contributed by atoms with Gasteiger partial charge in [-0.2, -0.15) is 0 Å². The summed E-state index contributed by atoms with van der Waals surface area (Å²) >= 11 is 0. The van der Waals surface area contributed by atoms with Crippen molar-refractivity contribution in [3.8, 4) is 0 Å². The molecule has 0 saturated heterocycles. The van der Waals surface area contributed by atoms with Crippen molar-refractivity contribution in [3.05, 3.63) is 0 Å². The molecule has 0 amide bonds. The van der Waals surface area contributed by atoms with Crippen molar-refractivity contribution in [1.29, 1.82) is 0 Å². The van der Waals surface area contributed by atoms with Crippen LogP contribution in [0, 0.1) is 0 Å². The number of aliphatic hydroxyl groups excluding tert-OH is 1. The molecule has 1 N–H and O–H groups in total. The third-order valence-corrected chi connectivity index (χ3v) is 4.46. The van der Waals surface area contributed by atoms with Crippen molar-refractivity contribution in [2.24, 2.45) is 0 Å². The Kier molecular flexibility index (Phi) is 14.7. The number of rotatable bonds is 11. The number of unbranched alkanes of at least 4 members (excludes halogenated alkanes) is 4. The van der Waals surface area contributed by atoms with Crippen LogP contribution in [0.4, 0.5) is 0 Å². The molecule has 19 heavy (non-hydrogen) atoms. The fraction of sp³-hybridized carbons (Fsp3) is 1.00. The zero-order valence-corrected chi connectivity index (χ0v) is 15.4. The first-order valence-electron chi connectivity index (χ1n) is 7.04. The topological polar surface area (TPSA) is 77.4 Å². The van der Waals surface area contributed by atoms with E-state index in [4.69, 9.17) is 0 Å². The largest absolute Gasteiger partial charge is 1.00 e. The van der Waals surface area contributed by atoms with Gasteiger partial charge in [0.1, 0.15) is 0 Å². The Balaban J connectivity index is 0. The molecule has 0 spiro atoms. The van der Waals surface area contributed by atoms with E-state index in [-0.39, 0.29) is 36.0 Å². The molecular weight excluding hydrogens is 275 g/mol. The normalized spacial score (nSPS) is 14.7. The van der Waals surface area contributed by atoms with Crippen LogP contribution in [0.2, 0.25) is 0 Å². The van der Waals surface area contributed by atoms with Crippen LogP contribution in [0.3, 0.4) is 0 Å². The molecule has 0 aromatic heterocycles. The van der Waals surface area contributed by atoms with E-state index in [0.29, 0.717) is 12.8 Å². The molecule has 2 unspecified atom stereocenters. The molecule has 0 aromatic carbocycles. The van der Waals surface area contributed by atoms with E-state index < -0.39 is 21.5 Å². The van der Waals surface area contributed by atoms with Crippen molar-refractivity contribution < 1.29 is 47.6 Å². The molecule has 0 aliphatic rings. The summed E-state index contributed by atoms with van der Waals surface area (Å²) < 4.78 is 33.4. The van der Waals surface area contributed by atoms with Crippen LogP contribution in [0.1, 0.15) is 71.6 Å². The van der Waals surface area contributed by atoms with Crippen molar-refractivity contribution in [2.75, 3.05) is 0 Å². The molecule has 0 aliphatic heterocycles. The van der Waals surface area contributed by atoms with Crippen molar-refractivity contribution in [2.45, 2.75) is 83.0 Å². The maximum atomic E-state index is 11.1. The van der Waals surface area contributed by atoms with Crippen LogP contribution in [0.5, 0.6) is 0 Å². The van der Waals surface area contributed by atoms with Gasteiger partial charge < -0.3 is 9.66 Å². The number of hydrogen-bond donors (Lipinski definition) is 1. The zero-order chi connectivity index (χ0) is 14.0. The molecule has 0 saturated carbocycles. The second kappa shape index (κ2) is 12.6. The third-order valence-electron chi connectivity index (χ3n) is 3.21. The molecule has 0 fully saturated rings. The molecule has 110 valence electrons. The van der Waals surface area contributed by atoms with Crippen molar-refractivity contribution in [1.82, 2.24) is 0 Å². The van der Waals surface area contributed by atoms with E-state index in [0.717, 1.165) is 38.5 Å². The van der Waals surface area contributed by atoms with E-state index in [1.165, 1.54) is 0 Å². The van der Waals surface area contributed by atoms with E-state index in [1.54, 1.807) is 0 Å². The third kappa shape index (κ3) is 12.3. The van der Waals surface area contributed by atoms with Gasteiger partial charge in [-0.15, -0.1) is 0 Å².